The summed E-state index contributed by atoms with van der Waals surface area (Å²) in [6, 6.07) is 5.55. The van der Waals surface area contributed by atoms with E-state index in [2.05, 4.69) is 33.9 Å². The van der Waals surface area contributed by atoms with E-state index in [1.165, 1.54) is 7.11 Å². The second-order valence-corrected chi connectivity index (χ2v) is 17.5. The molecule has 1 N–H and O–H groups in total. The van der Waals surface area contributed by atoms with Crippen LogP contribution in [0.4, 0.5) is 0 Å². The molecule has 0 bridgehead atoms. The molecule has 0 saturated heterocycles. The van der Waals surface area contributed by atoms with E-state index in [9.17, 15) is 14.7 Å². The Bertz CT molecular complexity index is 984. The van der Waals surface area contributed by atoms with Crippen molar-refractivity contribution in [3.05, 3.63) is 23.8 Å². The molecule has 2 rings (SSSR count). The van der Waals surface area contributed by atoms with Crippen molar-refractivity contribution < 1.29 is 38.1 Å². The van der Waals surface area contributed by atoms with Gasteiger partial charge in [-0.1, -0.05) is 53.5 Å². The molecule has 0 radical (unpaired) electrons. The SMILES string of the molecule is COC(=O)CC(=O)C[C@@]1(O)[C@@H](OCc2ccc(OC)c(OC)c2)CCCC[C@H](O[Si](C)(C)C(C)(C)C)C1(C)C. The van der Waals surface area contributed by atoms with E-state index < -0.39 is 37.8 Å². The molecular formula is C30H50O8Si. The van der Waals surface area contributed by atoms with Crippen molar-refractivity contribution in [1.29, 1.82) is 0 Å². The van der Waals surface area contributed by atoms with Crippen molar-refractivity contribution in [3.63, 3.8) is 0 Å². The number of rotatable bonds is 11. The number of carbonyl (C=O) groups is 2. The summed E-state index contributed by atoms with van der Waals surface area (Å²) in [5, 5.41) is 12.5. The third-order valence-electron chi connectivity index (χ3n) is 8.81. The van der Waals surface area contributed by atoms with Gasteiger partial charge in [0.25, 0.3) is 0 Å². The highest BCUT2D eigenvalue weighted by Gasteiger charge is 2.57. The fourth-order valence-corrected chi connectivity index (χ4v) is 6.50. The molecule has 3 atom stereocenters. The molecule has 39 heavy (non-hydrogen) atoms. The molecule has 1 aliphatic carbocycles. The summed E-state index contributed by atoms with van der Waals surface area (Å²) in [5.74, 6) is 0.194. The standard InChI is InChI=1S/C30H50O8Si/c1-28(2,3)39(9,10)38-25-13-11-12-14-26(37-20-21-15-16-23(34-6)24(17-21)35-7)30(33,29(25,4)5)19-22(31)18-27(32)36-8/h15-17,25-26,33H,11-14,18-20H2,1-10H3/t25-,26-,30+/m0/s1. The topological polar surface area (TPSA) is 101 Å². The minimum Gasteiger partial charge on any atom is -0.493 e. The Hall–Kier alpha value is -1.94. The predicted molar refractivity (Wildman–Crippen MR) is 154 cm³/mol. The quantitative estimate of drug-likeness (QED) is 0.203. The minimum absolute atomic E-state index is 0.0202. The number of Topliss-reactive ketones (excluding diaryl/α,β-unsaturated/α-hetero) is 1. The highest BCUT2D eigenvalue weighted by atomic mass is 28.4. The number of benzene rings is 1. The van der Waals surface area contributed by atoms with Crippen LogP contribution in [-0.4, -0.2) is 64.3 Å². The second kappa shape index (κ2) is 13.1. The van der Waals surface area contributed by atoms with Crippen LogP contribution < -0.4 is 9.47 Å². The molecule has 1 saturated carbocycles. The van der Waals surface area contributed by atoms with Gasteiger partial charge in [-0.25, -0.2) is 0 Å². The summed E-state index contributed by atoms with van der Waals surface area (Å²) in [5.41, 5.74) is -1.58. The Balaban J connectivity index is 2.47. The molecule has 0 unspecified atom stereocenters. The molecule has 0 heterocycles. The summed E-state index contributed by atoms with van der Waals surface area (Å²) < 4.78 is 28.9. The molecule has 1 aliphatic rings. The van der Waals surface area contributed by atoms with E-state index in [4.69, 9.17) is 23.4 Å². The summed E-state index contributed by atoms with van der Waals surface area (Å²) in [6.07, 6.45) is 1.51. The number of hydrogen-bond acceptors (Lipinski definition) is 8. The molecular weight excluding hydrogens is 516 g/mol. The third-order valence-corrected chi connectivity index (χ3v) is 13.3. The first-order chi connectivity index (χ1) is 18.0. The number of ketones is 1. The highest BCUT2D eigenvalue weighted by molar-refractivity contribution is 6.74. The Labute approximate surface area is 235 Å². The molecule has 8 nitrogen and oxygen atoms in total. The summed E-state index contributed by atoms with van der Waals surface area (Å²) >= 11 is 0. The van der Waals surface area contributed by atoms with Crippen LogP contribution in [0.3, 0.4) is 0 Å². The largest absolute Gasteiger partial charge is 0.493 e. The van der Waals surface area contributed by atoms with Gasteiger partial charge in [-0.2, -0.15) is 0 Å². The van der Waals surface area contributed by atoms with Crippen LogP contribution in [0.25, 0.3) is 0 Å². The molecule has 9 heteroatoms. The zero-order chi connectivity index (χ0) is 29.6. The number of ether oxygens (including phenoxy) is 4. The Morgan fingerprint density at radius 2 is 1.59 bits per heavy atom. The van der Waals surface area contributed by atoms with E-state index in [0.717, 1.165) is 24.8 Å². The van der Waals surface area contributed by atoms with Crippen LogP contribution >= 0.6 is 0 Å². The minimum atomic E-state index is -2.20. The zero-order valence-corrected chi connectivity index (χ0v) is 26.6. The maximum atomic E-state index is 13.1. The van der Waals surface area contributed by atoms with Crippen molar-refractivity contribution in [3.8, 4) is 11.5 Å². The normalized spacial score (nSPS) is 23.9. The van der Waals surface area contributed by atoms with Gasteiger partial charge in [0.2, 0.25) is 0 Å². The lowest BCUT2D eigenvalue weighted by molar-refractivity contribution is -0.210. The Morgan fingerprint density at radius 1 is 1.00 bits per heavy atom. The van der Waals surface area contributed by atoms with E-state index in [1.54, 1.807) is 14.2 Å². The molecule has 222 valence electrons. The number of hydrogen-bond donors (Lipinski definition) is 1. The average Bonchev–Trinajstić information content (AvgIpc) is 2.85. The molecule has 0 spiro atoms. The lowest BCUT2D eigenvalue weighted by Crippen LogP contribution is -2.63. The van der Waals surface area contributed by atoms with Crippen molar-refractivity contribution in [2.45, 2.75) is 116 Å². The number of methoxy groups -OCH3 is 3. The highest BCUT2D eigenvalue weighted by Crippen LogP contribution is 2.49. The van der Waals surface area contributed by atoms with Crippen molar-refractivity contribution in [1.82, 2.24) is 0 Å². The molecule has 0 aliphatic heterocycles. The Morgan fingerprint density at radius 3 is 2.13 bits per heavy atom. The predicted octanol–water partition coefficient (Wildman–Crippen LogP) is 5.83. The fourth-order valence-electron chi connectivity index (χ4n) is 5.02. The van der Waals surface area contributed by atoms with E-state index in [0.29, 0.717) is 17.9 Å². The first-order valence-electron chi connectivity index (χ1n) is 13.8. The van der Waals surface area contributed by atoms with Gasteiger partial charge in [-0.05, 0) is 48.7 Å². The molecule has 1 aromatic carbocycles. The summed E-state index contributed by atoms with van der Waals surface area (Å²) in [6.45, 7) is 15.1. The van der Waals surface area contributed by atoms with Gasteiger partial charge in [-0.15, -0.1) is 0 Å². The van der Waals surface area contributed by atoms with Gasteiger partial charge < -0.3 is 28.5 Å². The molecule has 0 amide bonds. The first kappa shape index (κ1) is 33.3. The second-order valence-electron chi connectivity index (χ2n) is 12.8. The van der Waals surface area contributed by atoms with E-state index in [1.807, 2.05) is 32.0 Å². The smallest absolute Gasteiger partial charge is 0.313 e. The van der Waals surface area contributed by atoms with Crippen molar-refractivity contribution >= 4 is 20.1 Å². The van der Waals surface area contributed by atoms with Gasteiger partial charge in [0.15, 0.2) is 19.8 Å². The van der Waals surface area contributed by atoms with Crippen LogP contribution in [0.5, 0.6) is 11.5 Å². The number of aliphatic hydroxyl groups is 1. The van der Waals surface area contributed by atoms with E-state index in [-0.39, 0.29) is 30.0 Å². The summed E-state index contributed by atoms with van der Waals surface area (Å²) in [4.78, 5) is 25.0. The maximum Gasteiger partial charge on any atom is 0.313 e. The first-order valence-corrected chi connectivity index (χ1v) is 16.7. The number of carbonyl (C=O) groups excluding carboxylic acids is 2. The van der Waals surface area contributed by atoms with Crippen LogP contribution in [0.15, 0.2) is 18.2 Å². The van der Waals surface area contributed by atoms with Crippen LogP contribution in [0, 0.1) is 5.41 Å². The van der Waals surface area contributed by atoms with E-state index >= 15 is 0 Å². The van der Waals surface area contributed by atoms with Gasteiger partial charge in [0, 0.05) is 11.8 Å². The van der Waals surface area contributed by atoms with Gasteiger partial charge in [-0.3, -0.25) is 9.59 Å². The lowest BCUT2D eigenvalue weighted by atomic mass is 9.62. The number of esters is 1. The van der Waals surface area contributed by atoms with Crippen molar-refractivity contribution in [2.75, 3.05) is 21.3 Å². The fraction of sp³-hybridized carbons (Fsp3) is 0.733. The average molecular weight is 567 g/mol. The third kappa shape index (κ3) is 7.84. The molecule has 0 aromatic heterocycles. The molecule has 1 fully saturated rings. The van der Waals surface area contributed by atoms with Crippen molar-refractivity contribution in [2.24, 2.45) is 5.41 Å². The van der Waals surface area contributed by atoms with Crippen LogP contribution in [0.2, 0.25) is 18.1 Å². The van der Waals surface area contributed by atoms with Crippen LogP contribution in [-0.2, 0) is 30.1 Å². The van der Waals surface area contributed by atoms with Gasteiger partial charge in [0.1, 0.15) is 17.8 Å². The summed E-state index contributed by atoms with van der Waals surface area (Å²) in [7, 11) is 2.21. The monoisotopic (exact) mass is 566 g/mol. The zero-order valence-electron chi connectivity index (χ0n) is 25.6. The van der Waals surface area contributed by atoms with Crippen LogP contribution in [0.1, 0.15) is 78.7 Å². The van der Waals surface area contributed by atoms with Gasteiger partial charge in [0.05, 0.1) is 40.1 Å². The maximum absolute atomic E-state index is 13.1. The van der Waals surface area contributed by atoms with Gasteiger partial charge >= 0.3 is 5.97 Å². The molecule has 1 aromatic rings. The Kier molecular flexibility index (Phi) is 11.2. The lowest BCUT2D eigenvalue weighted by Gasteiger charge is -2.54.